The van der Waals surface area contributed by atoms with Crippen LogP contribution in [0.1, 0.15) is 16.7 Å². The molecule has 3 N–H and O–H groups in total. The minimum absolute atomic E-state index is 0.0660. The molecule has 1 aromatic rings. The van der Waals surface area contributed by atoms with Gasteiger partial charge in [0.25, 0.3) is 0 Å². The second-order valence-corrected chi connectivity index (χ2v) is 4.10. The van der Waals surface area contributed by atoms with E-state index < -0.39 is 30.4 Å². The van der Waals surface area contributed by atoms with Gasteiger partial charge in [-0.1, -0.05) is 12.1 Å². The van der Waals surface area contributed by atoms with E-state index in [1.165, 1.54) is 19.1 Å². The van der Waals surface area contributed by atoms with Gasteiger partial charge < -0.3 is 10.2 Å². The monoisotopic (exact) mass is 277 g/mol. The van der Waals surface area contributed by atoms with Crippen LogP contribution in [0.25, 0.3) is 0 Å². The van der Waals surface area contributed by atoms with E-state index in [4.69, 9.17) is 10.2 Å². The van der Waals surface area contributed by atoms with Crippen LogP contribution in [-0.2, 0) is 17.5 Å². The normalized spacial score (nSPS) is 13.3. The topological polar surface area (TPSA) is 69.6 Å². The van der Waals surface area contributed by atoms with E-state index in [9.17, 15) is 18.0 Å². The van der Waals surface area contributed by atoms with Gasteiger partial charge in [0.1, 0.15) is 6.04 Å². The summed E-state index contributed by atoms with van der Waals surface area (Å²) in [6.07, 6.45) is -4.40. The molecule has 0 heterocycles. The van der Waals surface area contributed by atoms with Crippen molar-refractivity contribution in [3.8, 4) is 0 Å². The van der Waals surface area contributed by atoms with Gasteiger partial charge in [0, 0.05) is 6.54 Å². The van der Waals surface area contributed by atoms with Crippen LogP contribution in [0.5, 0.6) is 0 Å². The number of hydrogen-bond acceptors (Lipinski definition) is 3. The maximum absolute atomic E-state index is 12.5. The zero-order valence-corrected chi connectivity index (χ0v) is 10.2. The number of halogens is 3. The molecule has 19 heavy (non-hydrogen) atoms. The summed E-state index contributed by atoms with van der Waals surface area (Å²) >= 11 is 0. The highest BCUT2D eigenvalue weighted by Gasteiger charge is 2.32. The smallest absolute Gasteiger partial charge is 0.416 e. The molecule has 0 aliphatic heterocycles. The highest BCUT2D eigenvalue weighted by Crippen LogP contribution is 2.31. The Hall–Kier alpha value is -1.60. The zero-order valence-electron chi connectivity index (χ0n) is 10.2. The van der Waals surface area contributed by atoms with Crippen molar-refractivity contribution in [2.75, 3.05) is 6.61 Å². The van der Waals surface area contributed by atoms with Gasteiger partial charge in [0.15, 0.2) is 0 Å². The predicted molar refractivity (Wildman–Crippen MR) is 61.5 cm³/mol. The molecule has 0 unspecified atom stereocenters. The van der Waals surface area contributed by atoms with Crippen molar-refractivity contribution in [3.05, 3.63) is 34.9 Å². The van der Waals surface area contributed by atoms with Crippen molar-refractivity contribution in [2.24, 2.45) is 0 Å². The number of carboxylic acid groups (broad SMARTS) is 1. The molecule has 0 saturated carbocycles. The number of alkyl halides is 3. The Morgan fingerprint density at radius 1 is 1.42 bits per heavy atom. The largest absolute Gasteiger partial charge is 0.480 e. The summed E-state index contributed by atoms with van der Waals surface area (Å²) in [4.78, 5) is 10.6. The fraction of sp³-hybridized carbons (Fsp3) is 0.417. The highest BCUT2D eigenvalue weighted by atomic mass is 19.4. The SMILES string of the molecule is Cc1cc(CN[C@@H](CO)C(=O)O)ccc1C(F)(F)F. The maximum atomic E-state index is 12.5. The second-order valence-electron chi connectivity index (χ2n) is 4.10. The van der Waals surface area contributed by atoms with Gasteiger partial charge >= 0.3 is 12.1 Å². The number of carboxylic acids is 1. The number of hydrogen-bond donors (Lipinski definition) is 3. The molecule has 7 heteroatoms. The molecule has 0 fully saturated rings. The molecular weight excluding hydrogens is 263 g/mol. The van der Waals surface area contributed by atoms with Crippen molar-refractivity contribution >= 4 is 5.97 Å². The first kappa shape index (κ1) is 15.5. The number of rotatable bonds is 5. The van der Waals surface area contributed by atoms with Gasteiger partial charge in [-0.05, 0) is 24.1 Å². The first-order valence-electron chi connectivity index (χ1n) is 5.49. The van der Waals surface area contributed by atoms with Crippen LogP contribution >= 0.6 is 0 Å². The molecule has 0 aliphatic rings. The molecule has 0 amide bonds. The van der Waals surface area contributed by atoms with Crippen molar-refractivity contribution in [2.45, 2.75) is 25.7 Å². The molecule has 106 valence electrons. The van der Waals surface area contributed by atoms with Gasteiger partial charge in [0.05, 0.1) is 12.2 Å². The van der Waals surface area contributed by atoms with E-state index in [0.29, 0.717) is 5.56 Å². The Kier molecular flexibility index (Phi) is 4.90. The van der Waals surface area contributed by atoms with Crippen LogP contribution in [0.3, 0.4) is 0 Å². The third kappa shape index (κ3) is 4.22. The fourth-order valence-electron chi connectivity index (χ4n) is 1.62. The van der Waals surface area contributed by atoms with Gasteiger partial charge in [0.2, 0.25) is 0 Å². The lowest BCUT2D eigenvalue weighted by Gasteiger charge is -2.14. The molecule has 4 nitrogen and oxygen atoms in total. The van der Waals surface area contributed by atoms with E-state index in [1.807, 2.05) is 0 Å². The Labute approximate surface area is 107 Å². The van der Waals surface area contributed by atoms with Crippen molar-refractivity contribution in [1.29, 1.82) is 0 Å². The predicted octanol–water partition coefficient (Wildman–Crippen LogP) is 1.55. The highest BCUT2D eigenvalue weighted by molar-refractivity contribution is 5.73. The van der Waals surface area contributed by atoms with Crippen LogP contribution in [0, 0.1) is 6.92 Å². The number of aliphatic hydroxyl groups is 1. The summed E-state index contributed by atoms with van der Waals surface area (Å²) in [7, 11) is 0. The van der Waals surface area contributed by atoms with Crippen LogP contribution < -0.4 is 5.32 Å². The number of aliphatic hydroxyl groups excluding tert-OH is 1. The Bertz CT molecular complexity index is 460. The van der Waals surface area contributed by atoms with Crippen molar-refractivity contribution < 1.29 is 28.2 Å². The molecule has 0 spiro atoms. The van der Waals surface area contributed by atoms with E-state index in [-0.39, 0.29) is 12.1 Å². The summed E-state index contributed by atoms with van der Waals surface area (Å²) in [5.74, 6) is -1.22. The molecular formula is C12H14F3NO3. The van der Waals surface area contributed by atoms with Crippen LogP contribution in [0.15, 0.2) is 18.2 Å². The minimum Gasteiger partial charge on any atom is -0.480 e. The third-order valence-electron chi connectivity index (χ3n) is 2.63. The summed E-state index contributed by atoms with van der Waals surface area (Å²) in [6, 6.07) is 2.44. The lowest BCUT2D eigenvalue weighted by Crippen LogP contribution is -2.39. The van der Waals surface area contributed by atoms with E-state index >= 15 is 0 Å². The van der Waals surface area contributed by atoms with Crippen molar-refractivity contribution in [1.82, 2.24) is 5.32 Å². The van der Waals surface area contributed by atoms with E-state index in [0.717, 1.165) is 6.07 Å². The van der Waals surface area contributed by atoms with Crippen molar-refractivity contribution in [3.63, 3.8) is 0 Å². The second kappa shape index (κ2) is 6.03. The van der Waals surface area contributed by atoms with Crippen LogP contribution in [0.4, 0.5) is 13.2 Å². The first-order valence-corrected chi connectivity index (χ1v) is 5.49. The quantitative estimate of drug-likeness (QED) is 0.763. The number of nitrogens with one attached hydrogen (secondary N) is 1. The van der Waals surface area contributed by atoms with Gasteiger partial charge in [-0.2, -0.15) is 13.2 Å². The Morgan fingerprint density at radius 2 is 2.05 bits per heavy atom. The maximum Gasteiger partial charge on any atom is 0.416 e. The number of aliphatic carboxylic acids is 1. The molecule has 0 saturated heterocycles. The van der Waals surface area contributed by atoms with Crippen LogP contribution in [0.2, 0.25) is 0 Å². The van der Waals surface area contributed by atoms with Gasteiger partial charge in [-0.15, -0.1) is 0 Å². The third-order valence-corrected chi connectivity index (χ3v) is 2.63. The lowest BCUT2D eigenvalue weighted by atomic mass is 10.0. The number of benzene rings is 1. The summed E-state index contributed by atoms with van der Waals surface area (Å²) in [5.41, 5.74) is -0.124. The summed E-state index contributed by atoms with van der Waals surface area (Å²) < 4.78 is 37.6. The Morgan fingerprint density at radius 3 is 2.47 bits per heavy atom. The molecule has 0 aromatic heterocycles. The number of carbonyl (C=O) groups is 1. The van der Waals surface area contributed by atoms with Crippen LogP contribution in [-0.4, -0.2) is 28.8 Å². The molecule has 1 atom stereocenters. The minimum atomic E-state index is -4.40. The van der Waals surface area contributed by atoms with Gasteiger partial charge in [-0.3, -0.25) is 10.1 Å². The van der Waals surface area contributed by atoms with Gasteiger partial charge in [-0.25, -0.2) is 0 Å². The van der Waals surface area contributed by atoms with E-state index in [1.54, 1.807) is 0 Å². The molecule has 1 aromatic carbocycles. The summed E-state index contributed by atoms with van der Waals surface area (Å²) in [5, 5.41) is 20.0. The first-order chi connectivity index (χ1) is 8.75. The molecule has 0 radical (unpaired) electrons. The molecule has 0 bridgehead atoms. The average molecular weight is 277 g/mol. The standard InChI is InChI=1S/C12H14F3NO3/c1-7-4-8(2-3-9(7)12(13,14)15)5-16-10(6-17)11(18)19/h2-4,10,16-17H,5-6H2,1H3,(H,18,19)/t10-/m0/s1. The molecule has 0 aliphatic carbocycles. The summed E-state index contributed by atoms with van der Waals surface area (Å²) in [6.45, 7) is 0.818. The zero-order chi connectivity index (χ0) is 14.6. The fourth-order valence-corrected chi connectivity index (χ4v) is 1.62. The Balaban J connectivity index is 2.77. The number of aryl methyl sites for hydroxylation is 1. The average Bonchev–Trinajstić information content (AvgIpc) is 2.27. The molecule has 1 rings (SSSR count). The lowest BCUT2D eigenvalue weighted by molar-refractivity contribution is -0.140. The van der Waals surface area contributed by atoms with E-state index in [2.05, 4.69) is 5.32 Å².